The molecule has 2 aliphatic rings. The van der Waals surface area contributed by atoms with E-state index in [-0.39, 0.29) is 0 Å². The third kappa shape index (κ3) is 4.14. The molecule has 27 heavy (non-hydrogen) atoms. The first kappa shape index (κ1) is 18.0. The van der Waals surface area contributed by atoms with E-state index in [1.54, 1.807) is 16.4 Å². The standard InChI is InChI=1S/C20H24N4O2S/c25-27(26,24-13-1-2-14-24)19-9-5-17(6-10-19)15-16-3-7-18(8-4-16)23-20-21-11-12-22-20/h3-10H,1-2,11-15H2,(H2,21,22,23). The van der Waals surface area contributed by atoms with E-state index in [0.717, 1.165) is 49.6 Å². The van der Waals surface area contributed by atoms with Crippen molar-refractivity contribution in [1.82, 2.24) is 9.62 Å². The highest BCUT2D eigenvalue weighted by Crippen LogP contribution is 2.22. The van der Waals surface area contributed by atoms with Gasteiger partial charge in [-0.15, -0.1) is 0 Å². The van der Waals surface area contributed by atoms with Crippen LogP contribution in [-0.2, 0) is 16.4 Å². The van der Waals surface area contributed by atoms with Crippen molar-refractivity contribution in [3.05, 3.63) is 59.7 Å². The molecule has 2 aromatic carbocycles. The zero-order chi connectivity index (χ0) is 18.7. The van der Waals surface area contributed by atoms with Gasteiger partial charge in [-0.25, -0.2) is 8.42 Å². The minimum Gasteiger partial charge on any atom is -0.354 e. The third-order valence-electron chi connectivity index (χ3n) is 4.93. The maximum absolute atomic E-state index is 12.6. The molecule has 1 fully saturated rings. The SMILES string of the molecule is O=S(=O)(c1ccc(Cc2ccc(NC3=NCCN3)cc2)cc1)N1CCCC1. The molecule has 2 heterocycles. The first-order chi connectivity index (χ1) is 13.1. The molecule has 2 N–H and O–H groups in total. The quantitative estimate of drug-likeness (QED) is 0.830. The predicted molar refractivity (Wildman–Crippen MR) is 108 cm³/mol. The molecule has 2 aromatic rings. The topological polar surface area (TPSA) is 73.8 Å². The van der Waals surface area contributed by atoms with E-state index in [9.17, 15) is 8.42 Å². The summed E-state index contributed by atoms with van der Waals surface area (Å²) < 4.78 is 26.8. The number of benzene rings is 2. The molecule has 1 saturated heterocycles. The molecular weight excluding hydrogens is 360 g/mol. The van der Waals surface area contributed by atoms with Crippen LogP contribution >= 0.6 is 0 Å². The summed E-state index contributed by atoms with van der Waals surface area (Å²) in [6.07, 6.45) is 2.67. The van der Waals surface area contributed by atoms with Crippen molar-refractivity contribution >= 4 is 21.7 Å². The Balaban J connectivity index is 1.41. The molecule has 0 unspecified atom stereocenters. The van der Waals surface area contributed by atoms with Crippen molar-refractivity contribution < 1.29 is 8.42 Å². The van der Waals surface area contributed by atoms with Crippen molar-refractivity contribution in [2.24, 2.45) is 4.99 Å². The maximum atomic E-state index is 12.6. The lowest BCUT2D eigenvalue weighted by Gasteiger charge is -2.15. The van der Waals surface area contributed by atoms with Gasteiger partial charge in [0.1, 0.15) is 0 Å². The Kier molecular flexibility index (Phi) is 5.13. The third-order valence-corrected chi connectivity index (χ3v) is 6.84. The monoisotopic (exact) mass is 384 g/mol. The fourth-order valence-corrected chi connectivity index (χ4v) is 4.93. The molecule has 142 valence electrons. The summed E-state index contributed by atoms with van der Waals surface area (Å²) in [5, 5.41) is 6.43. The molecule has 0 aromatic heterocycles. The Morgan fingerprint density at radius 3 is 2.19 bits per heavy atom. The van der Waals surface area contributed by atoms with Crippen LogP contribution in [-0.4, -0.2) is 44.9 Å². The molecule has 0 spiro atoms. The van der Waals surface area contributed by atoms with E-state index in [4.69, 9.17) is 0 Å². The largest absolute Gasteiger partial charge is 0.354 e. The Bertz CT molecular complexity index is 915. The summed E-state index contributed by atoms with van der Waals surface area (Å²) in [7, 11) is -3.34. The first-order valence-electron chi connectivity index (χ1n) is 9.35. The minimum atomic E-state index is -3.34. The molecule has 0 atom stereocenters. The summed E-state index contributed by atoms with van der Waals surface area (Å²) in [6.45, 7) is 2.95. The van der Waals surface area contributed by atoms with Crippen molar-refractivity contribution in [3.63, 3.8) is 0 Å². The van der Waals surface area contributed by atoms with Crippen molar-refractivity contribution in [1.29, 1.82) is 0 Å². The van der Waals surface area contributed by atoms with Gasteiger partial charge in [-0.1, -0.05) is 24.3 Å². The van der Waals surface area contributed by atoms with Crippen LogP contribution in [0.2, 0.25) is 0 Å². The second-order valence-electron chi connectivity index (χ2n) is 6.91. The lowest BCUT2D eigenvalue weighted by atomic mass is 10.0. The number of anilines is 1. The van der Waals surface area contributed by atoms with Crippen LogP contribution in [0.1, 0.15) is 24.0 Å². The Morgan fingerprint density at radius 1 is 0.963 bits per heavy atom. The zero-order valence-corrected chi connectivity index (χ0v) is 16.0. The highest BCUT2D eigenvalue weighted by atomic mass is 32.2. The van der Waals surface area contributed by atoms with E-state index in [1.165, 1.54) is 5.56 Å². The van der Waals surface area contributed by atoms with Gasteiger partial charge >= 0.3 is 0 Å². The van der Waals surface area contributed by atoms with Gasteiger partial charge in [-0.2, -0.15) is 4.31 Å². The summed E-state index contributed by atoms with van der Waals surface area (Å²) in [5.74, 6) is 0.817. The highest BCUT2D eigenvalue weighted by Gasteiger charge is 2.26. The summed E-state index contributed by atoms with van der Waals surface area (Å²) in [6, 6.07) is 15.5. The average molecular weight is 385 g/mol. The molecule has 0 radical (unpaired) electrons. The Hall–Kier alpha value is -2.38. The van der Waals surface area contributed by atoms with Gasteiger partial charge in [0.2, 0.25) is 10.0 Å². The van der Waals surface area contributed by atoms with Gasteiger partial charge in [-0.3, -0.25) is 4.99 Å². The van der Waals surface area contributed by atoms with Crippen LogP contribution in [0.5, 0.6) is 0 Å². The van der Waals surface area contributed by atoms with Crippen LogP contribution < -0.4 is 10.6 Å². The van der Waals surface area contributed by atoms with Crippen molar-refractivity contribution in [3.8, 4) is 0 Å². The zero-order valence-electron chi connectivity index (χ0n) is 15.2. The maximum Gasteiger partial charge on any atom is 0.243 e. The molecule has 0 saturated carbocycles. The normalized spacial score (nSPS) is 17.6. The van der Waals surface area contributed by atoms with Gasteiger partial charge in [-0.05, 0) is 54.7 Å². The van der Waals surface area contributed by atoms with Gasteiger partial charge in [0.05, 0.1) is 11.4 Å². The van der Waals surface area contributed by atoms with Crippen molar-refractivity contribution in [2.45, 2.75) is 24.2 Å². The molecule has 0 bridgehead atoms. The highest BCUT2D eigenvalue weighted by molar-refractivity contribution is 7.89. The van der Waals surface area contributed by atoms with E-state index >= 15 is 0 Å². The summed E-state index contributed by atoms with van der Waals surface area (Å²) >= 11 is 0. The van der Waals surface area contributed by atoms with Gasteiger partial charge < -0.3 is 10.6 Å². The number of hydrogen-bond acceptors (Lipinski definition) is 5. The number of nitrogens with zero attached hydrogens (tertiary/aromatic N) is 2. The van der Waals surface area contributed by atoms with Crippen molar-refractivity contribution in [2.75, 3.05) is 31.5 Å². The number of sulfonamides is 1. The average Bonchev–Trinajstić information content (AvgIpc) is 3.38. The Morgan fingerprint density at radius 2 is 1.59 bits per heavy atom. The fraction of sp³-hybridized carbons (Fsp3) is 0.350. The van der Waals surface area contributed by atoms with Crippen LogP contribution in [0.15, 0.2) is 58.4 Å². The lowest BCUT2D eigenvalue weighted by molar-refractivity contribution is 0.477. The minimum absolute atomic E-state index is 0.387. The molecule has 0 aliphatic carbocycles. The van der Waals surface area contributed by atoms with Gasteiger partial charge in [0.25, 0.3) is 0 Å². The first-order valence-corrected chi connectivity index (χ1v) is 10.8. The molecule has 4 rings (SSSR count). The summed E-state index contributed by atoms with van der Waals surface area (Å²) in [5.41, 5.74) is 3.27. The smallest absolute Gasteiger partial charge is 0.243 e. The molecule has 2 aliphatic heterocycles. The number of aliphatic imine (C=N–C) groups is 1. The Labute approximate surface area is 160 Å². The van der Waals surface area contributed by atoms with E-state index in [0.29, 0.717) is 18.0 Å². The van der Waals surface area contributed by atoms with Gasteiger partial charge in [0, 0.05) is 25.3 Å². The second-order valence-corrected chi connectivity index (χ2v) is 8.85. The fourth-order valence-electron chi connectivity index (χ4n) is 3.42. The molecule has 6 nitrogen and oxygen atoms in total. The van der Waals surface area contributed by atoms with Crippen LogP contribution in [0.3, 0.4) is 0 Å². The van der Waals surface area contributed by atoms with E-state index in [2.05, 4.69) is 27.8 Å². The van der Waals surface area contributed by atoms with Crippen LogP contribution in [0, 0.1) is 0 Å². The van der Waals surface area contributed by atoms with E-state index in [1.807, 2.05) is 24.3 Å². The number of hydrogen-bond donors (Lipinski definition) is 2. The number of guanidine groups is 1. The number of rotatable bonds is 5. The number of nitrogens with one attached hydrogen (secondary N) is 2. The van der Waals surface area contributed by atoms with Crippen LogP contribution in [0.25, 0.3) is 0 Å². The molecule has 0 amide bonds. The molecular formula is C20H24N4O2S. The lowest BCUT2D eigenvalue weighted by Crippen LogP contribution is -2.27. The van der Waals surface area contributed by atoms with Crippen LogP contribution in [0.4, 0.5) is 5.69 Å². The molecule has 7 heteroatoms. The second kappa shape index (κ2) is 7.70. The van der Waals surface area contributed by atoms with E-state index < -0.39 is 10.0 Å². The van der Waals surface area contributed by atoms with Gasteiger partial charge in [0.15, 0.2) is 5.96 Å². The summed E-state index contributed by atoms with van der Waals surface area (Å²) in [4.78, 5) is 4.71. The predicted octanol–water partition coefficient (Wildman–Crippen LogP) is 2.43.